The molecule has 3 N–H and O–H groups in total. The Kier molecular flexibility index (Phi) is 5.36. The second kappa shape index (κ2) is 8.10. The summed E-state index contributed by atoms with van der Waals surface area (Å²) in [7, 11) is 0. The lowest BCUT2D eigenvalue weighted by molar-refractivity contribution is -0.143. The predicted molar refractivity (Wildman–Crippen MR) is 102 cm³/mol. The molecule has 2 atom stereocenters. The fraction of sp³-hybridized carbons (Fsp3) is 0.368. The number of carbonyl (C=O) groups excluding carboxylic acids is 1. The highest BCUT2D eigenvalue weighted by Crippen LogP contribution is 2.20. The van der Waals surface area contributed by atoms with Crippen LogP contribution in [0.3, 0.4) is 0 Å². The number of fused-ring (bicyclic) bond motifs is 1. The van der Waals surface area contributed by atoms with Gasteiger partial charge in [-0.2, -0.15) is 0 Å². The number of aliphatic hydroxyl groups excluding tert-OH is 2. The number of halogens is 1. The molecule has 0 spiro atoms. The van der Waals surface area contributed by atoms with Gasteiger partial charge in [0.05, 0.1) is 12.8 Å². The lowest BCUT2D eigenvalue weighted by atomic mass is 10.0. The SMILES string of the molecule is O=C([C@H](O)CO)N1CCC[C@@H](Nc2ccnc(-c3cnc4ccc(F)cn34)n2)C1. The van der Waals surface area contributed by atoms with Crippen molar-refractivity contribution in [3.63, 3.8) is 0 Å². The van der Waals surface area contributed by atoms with Crippen molar-refractivity contribution in [2.75, 3.05) is 25.0 Å². The van der Waals surface area contributed by atoms with E-state index >= 15 is 0 Å². The van der Waals surface area contributed by atoms with Crippen LogP contribution in [0.4, 0.5) is 10.2 Å². The first-order valence-electron chi connectivity index (χ1n) is 9.35. The molecule has 0 aliphatic carbocycles. The number of pyridine rings is 1. The van der Waals surface area contributed by atoms with Crippen molar-refractivity contribution in [1.29, 1.82) is 0 Å². The molecule has 1 fully saturated rings. The number of hydrogen-bond donors (Lipinski definition) is 3. The largest absolute Gasteiger partial charge is 0.393 e. The molecule has 0 aromatic carbocycles. The van der Waals surface area contributed by atoms with Crippen molar-refractivity contribution in [2.45, 2.75) is 25.0 Å². The zero-order chi connectivity index (χ0) is 20.4. The summed E-state index contributed by atoms with van der Waals surface area (Å²) < 4.78 is 15.2. The minimum Gasteiger partial charge on any atom is -0.393 e. The van der Waals surface area contributed by atoms with Crippen molar-refractivity contribution in [3.05, 3.63) is 42.6 Å². The van der Waals surface area contributed by atoms with Gasteiger partial charge in [-0.05, 0) is 31.0 Å². The molecule has 10 heteroatoms. The van der Waals surface area contributed by atoms with Crippen LogP contribution in [0.2, 0.25) is 0 Å². The number of likely N-dealkylation sites (tertiary alicyclic amines) is 1. The van der Waals surface area contributed by atoms with Crippen molar-refractivity contribution in [1.82, 2.24) is 24.3 Å². The van der Waals surface area contributed by atoms with Gasteiger partial charge in [0.15, 0.2) is 11.9 Å². The maximum absolute atomic E-state index is 13.6. The van der Waals surface area contributed by atoms with Crippen LogP contribution in [-0.4, -0.2) is 72.2 Å². The van der Waals surface area contributed by atoms with Gasteiger partial charge in [-0.25, -0.2) is 19.3 Å². The number of nitrogens with one attached hydrogen (secondary N) is 1. The molecule has 0 radical (unpaired) electrons. The summed E-state index contributed by atoms with van der Waals surface area (Å²) in [5.74, 6) is 0.106. The van der Waals surface area contributed by atoms with Gasteiger partial charge in [0, 0.05) is 31.5 Å². The number of piperidine rings is 1. The van der Waals surface area contributed by atoms with E-state index in [0.29, 0.717) is 36.1 Å². The van der Waals surface area contributed by atoms with Crippen LogP contribution in [0.1, 0.15) is 12.8 Å². The van der Waals surface area contributed by atoms with Crippen LogP contribution in [0.25, 0.3) is 17.2 Å². The Morgan fingerprint density at radius 3 is 3.03 bits per heavy atom. The van der Waals surface area contributed by atoms with E-state index in [1.165, 1.54) is 17.2 Å². The average molecular weight is 400 g/mol. The van der Waals surface area contributed by atoms with E-state index in [1.807, 2.05) is 0 Å². The molecule has 4 heterocycles. The zero-order valence-corrected chi connectivity index (χ0v) is 15.6. The van der Waals surface area contributed by atoms with Crippen LogP contribution < -0.4 is 5.32 Å². The van der Waals surface area contributed by atoms with E-state index in [2.05, 4.69) is 20.3 Å². The number of nitrogens with zero attached hydrogens (tertiary/aromatic N) is 5. The molecular formula is C19H21FN6O3. The number of hydrogen-bond acceptors (Lipinski definition) is 7. The van der Waals surface area contributed by atoms with Crippen LogP contribution in [0.15, 0.2) is 36.8 Å². The Morgan fingerprint density at radius 1 is 1.34 bits per heavy atom. The number of imidazole rings is 1. The topological polar surface area (TPSA) is 116 Å². The van der Waals surface area contributed by atoms with Gasteiger partial charge in [-0.15, -0.1) is 0 Å². The average Bonchev–Trinajstić information content (AvgIpc) is 3.16. The van der Waals surface area contributed by atoms with Crippen LogP contribution in [-0.2, 0) is 4.79 Å². The van der Waals surface area contributed by atoms with Gasteiger partial charge in [-0.3, -0.25) is 9.20 Å². The Labute approximate surface area is 165 Å². The van der Waals surface area contributed by atoms with Gasteiger partial charge in [0.25, 0.3) is 5.91 Å². The molecule has 1 aliphatic rings. The van der Waals surface area contributed by atoms with E-state index in [1.54, 1.807) is 28.9 Å². The maximum Gasteiger partial charge on any atom is 0.253 e. The second-order valence-electron chi connectivity index (χ2n) is 6.95. The number of anilines is 1. The van der Waals surface area contributed by atoms with Crippen molar-refractivity contribution >= 4 is 17.4 Å². The van der Waals surface area contributed by atoms with E-state index in [9.17, 15) is 14.3 Å². The van der Waals surface area contributed by atoms with E-state index in [4.69, 9.17) is 5.11 Å². The molecule has 3 aromatic rings. The van der Waals surface area contributed by atoms with Gasteiger partial charge in [0.2, 0.25) is 0 Å². The highest BCUT2D eigenvalue weighted by molar-refractivity contribution is 5.81. The number of aliphatic hydroxyl groups is 2. The van der Waals surface area contributed by atoms with Crippen molar-refractivity contribution < 1.29 is 19.4 Å². The highest BCUT2D eigenvalue weighted by atomic mass is 19.1. The summed E-state index contributed by atoms with van der Waals surface area (Å²) >= 11 is 0. The molecule has 3 aromatic heterocycles. The summed E-state index contributed by atoms with van der Waals surface area (Å²) in [4.78, 5) is 26.7. The van der Waals surface area contributed by atoms with Crippen molar-refractivity contribution in [2.24, 2.45) is 0 Å². The highest BCUT2D eigenvalue weighted by Gasteiger charge is 2.27. The van der Waals surface area contributed by atoms with Crippen molar-refractivity contribution in [3.8, 4) is 11.5 Å². The van der Waals surface area contributed by atoms with Crippen LogP contribution in [0, 0.1) is 5.82 Å². The quantitative estimate of drug-likeness (QED) is 0.577. The first-order valence-corrected chi connectivity index (χ1v) is 9.35. The number of carbonyl (C=O) groups is 1. The standard InChI is InChI=1S/C19H21FN6O3/c20-12-3-4-17-22-8-14(26(17)9-12)18-21-6-5-16(24-18)23-13-2-1-7-25(10-13)19(29)15(28)11-27/h3-6,8-9,13,15,27-28H,1-2,7,10-11H2,(H,21,23,24)/t13-,15-/m1/s1. The van der Waals surface area contributed by atoms with Gasteiger partial charge in [0.1, 0.15) is 23.0 Å². The van der Waals surface area contributed by atoms with Gasteiger partial charge in [-0.1, -0.05) is 0 Å². The lowest BCUT2D eigenvalue weighted by Crippen LogP contribution is -2.49. The summed E-state index contributed by atoms with van der Waals surface area (Å²) in [6.45, 7) is 0.342. The molecule has 29 heavy (non-hydrogen) atoms. The normalized spacial score (nSPS) is 18.0. The Balaban J connectivity index is 1.52. The molecule has 9 nitrogen and oxygen atoms in total. The van der Waals surface area contributed by atoms with E-state index in [0.717, 1.165) is 12.8 Å². The van der Waals surface area contributed by atoms with E-state index in [-0.39, 0.29) is 11.9 Å². The fourth-order valence-corrected chi connectivity index (χ4v) is 3.48. The monoisotopic (exact) mass is 400 g/mol. The third kappa shape index (κ3) is 4.03. The van der Waals surface area contributed by atoms with Crippen LogP contribution >= 0.6 is 0 Å². The molecule has 152 valence electrons. The number of aromatic nitrogens is 4. The Bertz CT molecular complexity index is 1030. The molecule has 1 aliphatic heterocycles. The fourth-order valence-electron chi connectivity index (χ4n) is 3.48. The summed E-state index contributed by atoms with van der Waals surface area (Å²) in [5, 5.41) is 21.9. The number of amides is 1. The Morgan fingerprint density at radius 2 is 2.21 bits per heavy atom. The predicted octanol–water partition coefficient (Wildman–Crippen LogP) is 0.686. The lowest BCUT2D eigenvalue weighted by Gasteiger charge is -2.34. The molecular weight excluding hydrogens is 379 g/mol. The third-order valence-electron chi connectivity index (χ3n) is 4.90. The maximum atomic E-state index is 13.6. The zero-order valence-electron chi connectivity index (χ0n) is 15.6. The molecule has 1 amide bonds. The molecule has 0 bridgehead atoms. The summed E-state index contributed by atoms with van der Waals surface area (Å²) in [6.07, 6.45) is 4.73. The first-order chi connectivity index (χ1) is 14.0. The summed E-state index contributed by atoms with van der Waals surface area (Å²) in [6, 6.07) is 4.59. The molecule has 4 rings (SSSR count). The molecule has 0 saturated carbocycles. The number of rotatable bonds is 5. The first kappa shape index (κ1) is 19.2. The smallest absolute Gasteiger partial charge is 0.253 e. The molecule has 1 saturated heterocycles. The minimum atomic E-state index is -1.39. The molecule has 0 unspecified atom stereocenters. The minimum absolute atomic E-state index is 0.0547. The summed E-state index contributed by atoms with van der Waals surface area (Å²) in [5.41, 5.74) is 1.15. The third-order valence-corrected chi connectivity index (χ3v) is 4.90. The Hall–Kier alpha value is -3.11. The van der Waals surface area contributed by atoms with E-state index < -0.39 is 18.6 Å². The van der Waals surface area contributed by atoms with Gasteiger partial charge >= 0.3 is 0 Å². The van der Waals surface area contributed by atoms with Crippen LogP contribution in [0.5, 0.6) is 0 Å². The second-order valence-corrected chi connectivity index (χ2v) is 6.95. The van der Waals surface area contributed by atoms with Gasteiger partial charge < -0.3 is 20.4 Å².